The van der Waals surface area contributed by atoms with Gasteiger partial charge < -0.3 is 15.0 Å². The highest BCUT2D eigenvalue weighted by molar-refractivity contribution is 5.89. The molecule has 1 heterocycles. The van der Waals surface area contributed by atoms with E-state index in [2.05, 4.69) is 5.32 Å². The fourth-order valence-electron chi connectivity index (χ4n) is 2.64. The molecule has 112 valence electrons. The van der Waals surface area contributed by atoms with Crippen LogP contribution in [0.5, 0.6) is 5.75 Å². The van der Waals surface area contributed by atoms with E-state index >= 15 is 0 Å². The van der Waals surface area contributed by atoms with Crippen LogP contribution in [0.1, 0.15) is 24.8 Å². The minimum atomic E-state index is -0.205. The summed E-state index contributed by atoms with van der Waals surface area (Å²) < 4.78 is 5.19. The highest BCUT2D eigenvalue weighted by Gasteiger charge is 2.36. The van der Waals surface area contributed by atoms with Gasteiger partial charge in [-0.1, -0.05) is 12.1 Å². The molecule has 1 N–H and O–H groups in total. The average Bonchev–Trinajstić information content (AvgIpc) is 3.22. The first-order valence-electron chi connectivity index (χ1n) is 7.37. The van der Waals surface area contributed by atoms with Crippen LogP contribution in [0.2, 0.25) is 0 Å². The monoisotopic (exact) mass is 288 g/mol. The molecule has 0 aromatic heterocycles. The number of nitrogens with zero attached hydrogens (tertiary/aromatic N) is 1. The van der Waals surface area contributed by atoms with E-state index in [1.54, 1.807) is 12.0 Å². The second-order valence-corrected chi connectivity index (χ2v) is 5.81. The molecular weight excluding hydrogens is 268 g/mol. The highest BCUT2D eigenvalue weighted by atomic mass is 16.5. The van der Waals surface area contributed by atoms with E-state index in [1.807, 2.05) is 24.3 Å². The lowest BCUT2D eigenvalue weighted by Crippen LogP contribution is -2.34. The standard InChI is InChI=1S/C16H20N2O3/c1-21-14-4-2-3-11(7-14)9-18-10-12(8-15(18)19)16(20)17-13-5-6-13/h2-4,7,12-13H,5-6,8-10H2,1H3,(H,17,20)/t12-/m1/s1. The van der Waals surface area contributed by atoms with E-state index in [-0.39, 0.29) is 17.7 Å². The number of benzene rings is 1. The number of rotatable bonds is 5. The Morgan fingerprint density at radius 3 is 2.95 bits per heavy atom. The van der Waals surface area contributed by atoms with Crippen molar-refractivity contribution < 1.29 is 14.3 Å². The summed E-state index contributed by atoms with van der Waals surface area (Å²) in [6.07, 6.45) is 2.46. The van der Waals surface area contributed by atoms with E-state index in [0.717, 1.165) is 24.2 Å². The van der Waals surface area contributed by atoms with Crippen molar-refractivity contribution in [3.05, 3.63) is 29.8 Å². The van der Waals surface area contributed by atoms with Crippen molar-refractivity contribution in [3.8, 4) is 5.75 Å². The minimum Gasteiger partial charge on any atom is -0.497 e. The molecule has 2 aliphatic rings. The van der Waals surface area contributed by atoms with Gasteiger partial charge >= 0.3 is 0 Å². The van der Waals surface area contributed by atoms with Crippen molar-refractivity contribution >= 4 is 11.8 Å². The van der Waals surface area contributed by atoms with Crippen LogP contribution in [0.15, 0.2) is 24.3 Å². The number of carbonyl (C=O) groups is 2. The molecule has 1 saturated heterocycles. The fourth-order valence-corrected chi connectivity index (χ4v) is 2.64. The first-order chi connectivity index (χ1) is 10.2. The summed E-state index contributed by atoms with van der Waals surface area (Å²) in [4.78, 5) is 25.8. The Morgan fingerprint density at radius 1 is 1.43 bits per heavy atom. The van der Waals surface area contributed by atoms with Crippen LogP contribution in [-0.2, 0) is 16.1 Å². The second-order valence-electron chi connectivity index (χ2n) is 5.81. The maximum atomic E-state index is 12.1. The molecule has 1 atom stereocenters. The quantitative estimate of drug-likeness (QED) is 0.889. The summed E-state index contributed by atoms with van der Waals surface area (Å²) in [7, 11) is 1.62. The molecular formula is C16H20N2O3. The van der Waals surface area contributed by atoms with Gasteiger partial charge in [0.1, 0.15) is 5.75 Å². The van der Waals surface area contributed by atoms with Gasteiger partial charge in [0.15, 0.2) is 0 Å². The third-order valence-electron chi connectivity index (χ3n) is 4.02. The molecule has 0 radical (unpaired) electrons. The Bertz CT molecular complexity index is 554. The Morgan fingerprint density at radius 2 is 2.24 bits per heavy atom. The molecule has 1 saturated carbocycles. The summed E-state index contributed by atoms with van der Waals surface area (Å²) in [6.45, 7) is 1.04. The summed E-state index contributed by atoms with van der Waals surface area (Å²) in [5.74, 6) is 0.652. The zero-order valence-electron chi connectivity index (χ0n) is 12.2. The summed E-state index contributed by atoms with van der Waals surface area (Å²) in [6, 6.07) is 8.02. The fraction of sp³-hybridized carbons (Fsp3) is 0.500. The highest BCUT2D eigenvalue weighted by Crippen LogP contribution is 2.24. The molecule has 0 spiro atoms. The van der Waals surface area contributed by atoms with Crippen LogP contribution < -0.4 is 10.1 Å². The van der Waals surface area contributed by atoms with Gasteiger partial charge in [0.05, 0.1) is 13.0 Å². The number of methoxy groups -OCH3 is 1. The molecule has 1 aliphatic carbocycles. The number of hydrogen-bond donors (Lipinski definition) is 1. The Hall–Kier alpha value is -2.04. The number of carbonyl (C=O) groups excluding carboxylic acids is 2. The topological polar surface area (TPSA) is 58.6 Å². The van der Waals surface area contributed by atoms with E-state index in [9.17, 15) is 9.59 Å². The van der Waals surface area contributed by atoms with Crippen LogP contribution in [-0.4, -0.2) is 36.4 Å². The van der Waals surface area contributed by atoms with Gasteiger partial charge in [-0.3, -0.25) is 9.59 Å². The van der Waals surface area contributed by atoms with Crippen molar-refractivity contribution in [2.24, 2.45) is 5.92 Å². The molecule has 1 aromatic rings. The van der Waals surface area contributed by atoms with Crippen molar-refractivity contribution in [1.82, 2.24) is 10.2 Å². The molecule has 5 heteroatoms. The van der Waals surface area contributed by atoms with Crippen LogP contribution in [0.4, 0.5) is 0 Å². The molecule has 0 bridgehead atoms. The average molecular weight is 288 g/mol. The minimum absolute atomic E-state index is 0.0268. The van der Waals surface area contributed by atoms with E-state index in [4.69, 9.17) is 4.74 Å². The van der Waals surface area contributed by atoms with Gasteiger partial charge in [0.25, 0.3) is 0 Å². The maximum absolute atomic E-state index is 12.1. The zero-order valence-corrected chi connectivity index (χ0v) is 12.2. The Labute approximate surface area is 124 Å². The van der Waals surface area contributed by atoms with Crippen LogP contribution >= 0.6 is 0 Å². The van der Waals surface area contributed by atoms with E-state index < -0.39 is 0 Å². The van der Waals surface area contributed by atoms with Gasteiger partial charge in [-0.25, -0.2) is 0 Å². The van der Waals surface area contributed by atoms with Gasteiger partial charge in [-0.2, -0.15) is 0 Å². The van der Waals surface area contributed by atoms with Gasteiger partial charge in [-0.05, 0) is 30.5 Å². The SMILES string of the molecule is COc1cccc(CN2C[C@H](C(=O)NC3CC3)CC2=O)c1. The van der Waals surface area contributed by atoms with Crippen LogP contribution in [0.3, 0.4) is 0 Å². The second kappa shape index (κ2) is 5.76. The molecule has 3 rings (SSSR count). The van der Waals surface area contributed by atoms with Crippen molar-refractivity contribution in [3.63, 3.8) is 0 Å². The van der Waals surface area contributed by atoms with Crippen molar-refractivity contribution in [2.45, 2.75) is 31.8 Å². The molecule has 2 amide bonds. The molecule has 1 aromatic carbocycles. The number of likely N-dealkylation sites (tertiary alicyclic amines) is 1. The van der Waals surface area contributed by atoms with Crippen molar-refractivity contribution in [1.29, 1.82) is 0 Å². The van der Waals surface area contributed by atoms with Crippen LogP contribution in [0, 0.1) is 5.92 Å². The first kappa shape index (κ1) is 13.9. The summed E-state index contributed by atoms with van der Waals surface area (Å²) >= 11 is 0. The van der Waals surface area contributed by atoms with Crippen LogP contribution in [0.25, 0.3) is 0 Å². The Balaban J connectivity index is 1.60. The summed E-state index contributed by atoms with van der Waals surface area (Å²) in [5, 5.41) is 2.98. The molecule has 5 nitrogen and oxygen atoms in total. The smallest absolute Gasteiger partial charge is 0.225 e. The molecule has 2 fully saturated rings. The maximum Gasteiger partial charge on any atom is 0.225 e. The normalized spacial score (nSPS) is 21.5. The molecule has 21 heavy (non-hydrogen) atoms. The third-order valence-corrected chi connectivity index (χ3v) is 4.02. The predicted octanol–water partition coefficient (Wildman–Crippen LogP) is 1.32. The Kier molecular flexibility index (Phi) is 3.82. The number of ether oxygens (including phenoxy) is 1. The van der Waals surface area contributed by atoms with E-state index in [0.29, 0.717) is 25.6 Å². The largest absolute Gasteiger partial charge is 0.497 e. The first-order valence-corrected chi connectivity index (χ1v) is 7.37. The zero-order chi connectivity index (χ0) is 14.8. The van der Waals surface area contributed by atoms with E-state index in [1.165, 1.54) is 0 Å². The predicted molar refractivity (Wildman–Crippen MR) is 77.7 cm³/mol. The lowest BCUT2D eigenvalue weighted by Gasteiger charge is -2.17. The van der Waals surface area contributed by atoms with Crippen molar-refractivity contribution in [2.75, 3.05) is 13.7 Å². The molecule has 1 aliphatic heterocycles. The molecule has 0 unspecified atom stereocenters. The summed E-state index contributed by atoms with van der Waals surface area (Å²) in [5.41, 5.74) is 1.02. The number of amides is 2. The van der Waals surface area contributed by atoms with Gasteiger partial charge in [-0.15, -0.1) is 0 Å². The lowest BCUT2D eigenvalue weighted by atomic mass is 10.1. The van der Waals surface area contributed by atoms with Gasteiger partial charge in [0.2, 0.25) is 11.8 Å². The lowest BCUT2D eigenvalue weighted by molar-refractivity contribution is -0.129. The number of nitrogens with one attached hydrogen (secondary N) is 1. The third kappa shape index (κ3) is 3.35. The number of hydrogen-bond acceptors (Lipinski definition) is 3. The van der Waals surface area contributed by atoms with Gasteiger partial charge in [0, 0.05) is 25.6 Å².